The zero-order valence-electron chi connectivity index (χ0n) is 13.1. The fourth-order valence-electron chi connectivity index (χ4n) is 1.91. The van der Waals surface area contributed by atoms with E-state index >= 15 is 0 Å². The Hall–Kier alpha value is -2.68. The van der Waals surface area contributed by atoms with E-state index < -0.39 is 16.5 Å². The van der Waals surface area contributed by atoms with E-state index in [0.717, 1.165) is 11.8 Å². The summed E-state index contributed by atoms with van der Waals surface area (Å²) >= 11 is 0.958. The van der Waals surface area contributed by atoms with Gasteiger partial charge < -0.3 is 5.32 Å². The van der Waals surface area contributed by atoms with Crippen molar-refractivity contribution < 1.29 is 9.59 Å². The van der Waals surface area contributed by atoms with E-state index in [1.165, 1.54) is 6.92 Å². The maximum absolute atomic E-state index is 12.4. The van der Waals surface area contributed by atoms with Gasteiger partial charge >= 0.3 is 5.69 Å². The predicted octanol–water partition coefficient (Wildman–Crippen LogP) is 1.17. The quantitative estimate of drug-likeness (QED) is 0.531. The highest BCUT2D eigenvalue weighted by atomic mass is 32.2. The number of hydrogen-bond donors (Lipinski definition) is 3. The van der Waals surface area contributed by atoms with Crippen LogP contribution in [0.3, 0.4) is 0 Å². The molecule has 0 aliphatic rings. The Morgan fingerprint density at radius 2 is 2.08 bits per heavy atom. The first-order chi connectivity index (χ1) is 11.4. The number of Topliss-reactive ketones (excluding diaryl/α,β-unsaturated/α-hetero) is 1. The van der Waals surface area contributed by atoms with E-state index in [0.29, 0.717) is 17.7 Å². The number of nitrogens with one attached hydrogen (secondary N) is 3. The van der Waals surface area contributed by atoms with Crippen LogP contribution in [0.5, 0.6) is 0 Å². The van der Waals surface area contributed by atoms with Crippen LogP contribution in [0.25, 0.3) is 0 Å². The molecule has 1 amide bonds. The third-order valence-corrected chi connectivity index (χ3v) is 4.47. The summed E-state index contributed by atoms with van der Waals surface area (Å²) in [5.74, 6) is -0.424. The number of thioether (sulfide) groups is 1. The van der Waals surface area contributed by atoms with E-state index in [-0.39, 0.29) is 16.7 Å². The molecule has 24 heavy (non-hydrogen) atoms. The van der Waals surface area contributed by atoms with Gasteiger partial charge in [0.15, 0.2) is 10.8 Å². The van der Waals surface area contributed by atoms with Gasteiger partial charge in [-0.25, -0.2) is 9.89 Å². The second-order valence-electron chi connectivity index (χ2n) is 4.95. The number of hydrogen-bond acceptors (Lipinski definition) is 6. The van der Waals surface area contributed by atoms with Crippen LogP contribution >= 0.6 is 11.8 Å². The summed E-state index contributed by atoms with van der Waals surface area (Å²) in [6.45, 7) is 3.24. The van der Waals surface area contributed by atoms with Gasteiger partial charge in [0.05, 0.1) is 5.25 Å². The van der Waals surface area contributed by atoms with Crippen molar-refractivity contribution in [1.82, 2.24) is 15.2 Å². The lowest BCUT2D eigenvalue weighted by Gasteiger charge is -2.14. The summed E-state index contributed by atoms with van der Waals surface area (Å²) in [5.41, 5.74) is -0.362. The average molecular weight is 348 g/mol. The number of aromatic nitrogens is 3. The number of amides is 1. The van der Waals surface area contributed by atoms with Crippen LogP contribution in [0.1, 0.15) is 30.6 Å². The first kappa shape index (κ1) is 17.7. The molecule has 1 atom stereocenters. The Kier molecular flexibility index (Phi) is 5.69. The highest BCUT2D eigenvalue weighted by molar-refractivity contribution is 8.00. The van der Waals surface area contributed by atoms with E-state index in [1.807, 2.05) is 0 Å². The largest absolute Gasteiger partial charge is 0.342 e. The fourth-order valence-corrected chi connectivity index (χ4v) is 2.77. The lowest BCUT2D eigenvalue weighted by molar-refractivity contribution is -0.115. The molecule has 0 spiro atoms. The van der Waals surface area contributed by atoms with Crippen molar-refractivity contribution in [3.63, 3.8) is 0 Å². The van der Waals surface area contributed by atoms with Gasteiger partial charge in [0, 0.05) is 11.3 Å². The van der Waals surface area contributed by atoms with Crippen LogP contribution in [0.4, 0.5) is 5.69 Å². The molecule has 0 radical (unpaired) electrons. The molecule has 0 aliphatic heterocycles. The van der Waals surface area contributed by atoms with Crippen LogP contribution in [-0.4, -0.2) is 32.1 Å². The SMILES string of the molecule is CCC(Sc1n[nH]c(=O)[nH]c1=O)C(=O)Nc1cccc(C(C)=O)c1. The van der Waals surface area contributed by atoms with Gasteiger partial charge in [-0.05, 0) is 25.5 Å². The molecule has 3 N–H and O–H groups in total. The summed E-state index contributed by atoms with van der Waals surface area (Å²) in [4.78, 5) is 48.5. The topological polar surface area (TPSA) is 125 Å². The Bertz CT molecular complexity index is 874. The third kappa shape index (κ3) is 4.42. The van der Waals surface area contributed by atoms with E-state index in [2.05, 4.69) is 20.5 Å². The van der Waals surface area contributed by atoms with Gasteiger partial charge in [-0.15, -0.1) is 0 Å². The first-order valence-corrected chi connectivity index (χ1v) is 8.06. The molecule has 126 valence electrons. The summed E-state index contributed by atoms with van der Waals surface area (Å²) < 4.78 is 0. The van der Waals surface area contributed by atoms with Crippen molar-refractivity contribution in [2.24, 2.45) is 0 Å². The van der Waals surface area contributed by atoms with Crippen molar-refractivity contribution in [1.29, 1.82) is 0 Å². The molecule has 8 nitrogen and oxygen atoms in total. The number of benzene rings is 1. The standard InChI is InChI=1S/C15H16N4O4S/c1-3-11(24-14-13(22)17-15(23)19-18-14)12(21)16-10-6-4-5-9(7-10)8(2)20/h4-7,11H,3H2,1-2H3,(H,16,21)(H2,17,19,22,23). The first-order valence-electron chi connectivity index (χ1n) is 7.18. The minimum Gasteiger partial charge on any atom is -0.325 e. The molecule has 1 aromatic carbocycles. The molecule has 1 heterocycles. The van der Waals surface area contributed by atoms with Crippen molar-refractivity contribution in [2.45, 2.75) is 30.5 Å². The summed E-state index contributed by atoms with van der Waals surface area (Å²) in [7, 11) is 0. The van der Waals surface area contributed by atoms with Crippen LogP contribution < -0.4 is 16.6 Å². The zero-order valence-corrected chi connectivity index (χ0v) is 13.9. The highest BCUT2D eigenvalue weighted by Gasteiger charge is 2.21. The van der Waals surface area contributed by atoms with Gasteiger partial charge in [-0.3, -0.25) is 19.4 Å². The van der Waals surface area contributed by atoms with Crippen molar-refractivity contribution >= 4 is 29.1 Å². The second-order valence-corrected chi connectivity index (χ2v) is 6.14. The summed E-state index contributed by atoms with van der Waals surface area (Å²) in [5, 5.41) is 7.92. The van der Waals surface area contributed by atoms with Crippen molar-refractivity contribution in [2.75, 3.05) is 5.32 Å². The smallest absolute Gasteiger partial charge is 0.325 e. The number of carbonyl (C=O) groups excluding carboxylic acids is 2. The Labute approximate surface area is 141 Å². The Morgan fingerprint density at radius 3 is 2.71 bits per heavy atom. The minimum absolute atomic E-state index is 0.00841. The number of ketones is 1. The molecule has 0 aliphatic carbocycles. The number of H-pyrrole nitrogens is 2. The Morgan fingerprint density at radius 1 is 1.33 bits per heavy atom. The molecule has 1 unspecified atom stereocenters. The van der Waals surface area contributed by atoms with Gasteiger partial charge in [0.2, 0.25) is 5.91 Å². The van der Waals surface area contributed by atoms with Crippen molar-refractivity contribution in [3.05, 3.63) is 50.7 Å². The zero-order chi connectivity index (χ0) is 17.7. The molecule has 0 saturated carbocycles. The number of nitrogens with zero attached hydrogens (tertiary/aromatic N) is 1. The molecule has 0 bridgehead atoms. The number of anilines is 1. The van der Waals surface area contributed by atoms with Crippen LogP contribution in [0.2, 0.25) is 0 Å². The molecular formula is C15H16N4O4S. The summed E-state index contributed by atoms with van der Waals surface area (Å²) in [6, 6.07) is 6.60. The molecule has 9 heteroatoms. The van der Waals surface area contributed by atoms with E-state index in [1.54, 1.807) is 31.2 Å². The highest BCUT2D eigenvalue weighted by Crippen LogP contribution is 2.22. The molecule has 1 aromatic heterocycles. The average Bonchev–Trinajstić information content (AvgIpc) is 2.54. The molecule has 2 rings (SSSR count). The molecule has 0 fully saturated rings. The third-order valence-electron chi connectivity index (χ3n) is 3.13. The molecular weight excluding hydrogens is 332 g/mol. The fraction of sp³-hybridized carbons (Fsp3) is 0.267. The van der Waals surface area contributed by atoms with Gasteiger partial charge in [0.1, 0.15) is 0 Å². The lowest BCUT2D eigenvalue weighted by Crippen LogP contribution is -2.29. The maximum atomic E-state index is 12.4. The van der Waals surface area contributed by atoms with Gasteiger partial charge in [0.25, 0.3) is 5.56 Å². The van der Waals surface area contributed by atoms with Crippen LogP contribution in [0.15, 0.2) is 38.9 Å². The second kappa shape index (κ2) is 7.73. The predicted molar refractivity (Wildman–Crippen MR) is 90.5 cm³/mol. The maximum Gasteiger partial charge on any atom is 0.342 e. The number of rotatable bonds is 6. The molecule has 2 aromatic rings. The van der Waals surface area contributed by atoms with Crippen LogP contribution in [-0.2, 0) is 4.79 Å². The van der Waals surface area contributed by atoms with Crippen molar-refractivity contribution in [3.8, 4) is 0 Å². The van der Waals surface area contributed by atoms with Gasteiger partial charge in [-0.2, -0.15) is 5.10 Å². The van der Waals surface area contributed by atoms with Crippen LogP contribution in [0, 0.1) is 0 Å². The lowest BCUT2D eigenvalue weighted by atomic mass is 10.1. The monoisotopic (exact) mass is 348 g/mol. The summed E-state index contributed by atoms with van der Waals surface area (Å²) in [6.07, 6.45) is 0.448. The Balaban J connectivity index is 2.14. The number of carbonyl (C=O) groups is 2. The van der Waals surface area contributed by atoms with E-state index in [4.69, 9.17) is 0 Å². The van der Waals surface area contributed by atoms with Gasteiger partial charge in [-0.1, -0.05) is 30.8 Å². The normalized spacial score (nSPS) is 11.8. The van der Waals surface area contributed by atoms with E-state index in [9.17, 15) is 19.2 Å². The molecule has 0 saturated heterocycles. The minimum atomic E-state index is -0.706. The number of aromatic amines is 2.